The van der Waals surface area contributed by atoms with Crippen molar-refractivity contribution in [3.63, 3.8) is 0 Å². The molecule has 0 spiro atoms. The predicted octanol–water partition coefficient (Wildman–Crippen LogP) is 1.68. The Morgan fingerprint density at radius 2 is 2.10 bits per heavy atom. The van der Waals surface area contributed by atoms with E-state index in [9.17, 15) is 19.7 Å². The zero-order chi connectivity index (χ0) is 15.4. The van der Waals surface area contributed by atoms with E-state index >= 15 is 0 Å². The number of likely N-dealkylation sites (tertiary alicyclic amines) is 1. The summed E-state index contributed by atoms with van der Waals surface area (Å²) >= 11 is 0. The van der Waals surface area contributed by atoms with Gasteiger partial charge in [-0.1, -0.05) is 12.1 Å². The Balaban J connectivity index is 2.16. The van der Waals surface area contributed by atoms with Gasteiger partial charge in [-0.2, -0.15) is 0 Å². The Morgan fingerprint density at radius 3 is 2.76 bits per heavy atom. The molecule has 1 fully saturated rings. The third-order valence-corrected chi connectivity index (χ3v) is 3.36. The van der Waals surface area contributed by atoms with E-state index in [0.29, 0.717) is 24.9 Å². The molecule has 0 unspecified atom stereocenters. The van der Waals surface area contributed by atoms with Gasteiger partial charge in [-0.05, 0) is 25.0 Å². The second kappa shape index (κ2) is 6.17. The minimum atomic E-state index is -1.03. The number of carbonyl (C=O) groups is 2. The lowest BCUT2D eigenvalue weighted by Crippen LogP contribution is -2.39. The maximum absolute atomic E-state index is 12.0. The SMILES string of the molecule is O=C(O)[C@H]1CCCN1C(=O)C=Cc1ccccc1[N+](=O)[O-]. The van der Waals surface area contributed by atoms with Crippen LogP contribution in [0.1, 0.15) is 18.4 Å². The fourth-order valence-corrected chi connectivity index (χ4v) is 2.34. The molecule has 2 rings (SSSR count). The van der Waals surface area contributed by atoms with Crippen LogP contribution in [0.3, 0.4) is 0 Å². The van der Waals surface area contributed by atoms with Gasteiger partial charge in [-0.25, -0.2) is 4.79 Å². The maximum atomic E-state index is 12.0. The lowest BCUT2D eigenvalue weighted by molar-refractivity contribution is -0.385. The third-order valence-electron chi connectivity index (χ3n) is 3.36. The molecule has 21 heavy (non-hydrogen) atoms. The number of hydrogen-bond donors (Lipinski definition) is 1. The van der Waals surface area contributed by atoms with Crippen LogP contribution in [0, 0.1) is 10.1 Å². The smallest absolute Gasteiger partial charge is 0.326 e. The van der Waals surface area contributed by atoms with Crippen LogP contribution in [-0.2, 0) is 9.59 Å². The van der Waals surface area contributed by atoms with Gasteiger partial charge in [0.15, 0.2) is 0 Å². The highest BCUT2D eigenvalue weighted by Crippen LogP contribution is 2.21. The van der Waals surface area contributed by atoms with Crippen molar-refractivity contribution in [2.45, 2.75) is 18.9 Å². The summed E-state index contributed by atoms with van der Waals surface area (Å²) in [7, 11) is 0. The van der Waals surface area contributed by atoms with Crippen molar-refractivity contribution >= 4 is 23.6 Å². The van der Waals surface area contributed by atoms with E-state index < -0.39 is 22.8 Å². The lowest BCUT2D eigenvalue weighted by atomic mass is 10.1. The molecule has 1 aliphatic rings. The topological polar surface area (TPSA) is 101 Å². The van der Waals surface area contributed by atoms with Crippen LogP contribution in [0.4, 0.5) is 5.69 Å². The van der Waals surface area contributed by atoms with E-state index in [4.69, 9.17) is 5.11 Å². The van der Waals surface area contributed by atoms with Gasteiger partial charge in [0.25, 0.3) is 5.69 Å². The number of carboxylic acid groups (broad SMARTS) is 1. The van der Waals surface area contributed by atoms with Crippen LogP contribution in [0.2, 0.25) is 0 Å². The summed E-state index contributed by atoms with van der Waals surface area (Å²) in [5, 5.41) is 19.9. The minimum absolute atomic E-state index is 0.0993. The first kappa shape index (κ1) is 14.7. The summed E-state index contributed by atoms with van der Waals surface area (Å²) in [5.41, 5.74) is 0.208. The summed E-state index contributed by atoms with van der Waals surface area (Å²) in [6.07, 6.45) is 3.60. The van der Waals surface area contributed by atoms with Gasteiger partial charge in [0.2, 0.25) is 5.91 Å². The molecule has 0 saturated carbocycles. The van der Waals surface area contributed by atoms with E-state index in [1.807, 2.05) is 0 Å². The maximum Gasteiger partial charge on any atom is 0.326 e. The number of carbonyl (C=O) groups excluding carboxylic acids is 1. The first-order valence-electron chi connectivity index (χ1n) is 6.45. The number of nitro benzene ring substituents is 1. The number of amides is 1. The Hall–Kier alpha value is -2.70. The number of nitro groups is 1. The fraction of sp³-hybridized carbons (Fsp3) is 0.286. The molecule has 1 N–H and O–H groups in total. The Labute approximate surface area is 120 Å². The molecule has 0 aromatic heterocycles. The van der Waals surface area contributed by atoms with Crippen molar-refractivity contribution in [2.24, 2.45) is 0 Å². The standard InChI is InChI=1S/C14H14N2O5/c17-13(15-9-3-6-12(15)14(18)19)8-7-10-4-1-2-5-11(10)16(20)21/h1-2,4-5,7-8,12H,3,6,9H2,(H,18,19)/t12-/m1/s1. The second-order valence-electron chi connectivity index (χ2n) is 4.68. The van der Waals surface area contributed by atoms with E-state index in [0.717, 1.165) is 0 Å². The molecule has 1 saturated heterocycles. The molecule has 1 heterocycles. The zero-order valence-electron chi connectivity index (χ0n) is 11.1. The van der Waals surface area contributed by atoms with Crippen molar-refractivity contribution in [2.75, 3.05) is 6.54 Å². The highest BCUT2D eigenvalue weighted by molar-refractivity contribution is 5.95. The van der Waals surface area contributed by atoms with Crippen LogP contribution >= 0.6 is 0 Å². The number of benzene rings is 1. The van der Waals surface area contributed by atoms with Gasteiger partial charge in [0.1, 0.15) is 6.04 Å². The normalized spacial score (nSPS) is 18.1. The van der Waals surface area contributed by atoms with Gasteiger partial charge in [0.05, 0.1) is 10.5 Å². The number of para-hydroxylation sites is 1. The molecule has 1 aromatic carbocycles. The second-order valence-corrected chi connectivity index (χ2v) is 4.68. The van der Waals surface area contributed by atoms with Gasteiger partial charge in [-0.3, -0.25) is 14.9 Å². The van der Waals surface area contributed by atoms with Crippen molar-refractivity contribution in [1.29, 1.82) is 0 Å². The molecule has 1 amide bonds. The van der Waals surface area contributed by atoms with Crippen LogP contribution < -0.4 is 0 Å². The molecule has 0 bridgehead atoms. The summed E-state index contributed by atoms with van der Waals surface area (Å²) in [4.78, 5) is 34.7. The van der Waals surface area contributed by atoms with Crippen LogP contribution in [0.25, 0.3) is 6.08 Å². The molecule has 7 nitrogen and oxygen atoms in total. The average Bonchev–Trinajstić information content (AvgIpc) is 2.94. The quantitative estimate of drug-likeness (QED) is 0.516. The van der Waals surface area contributed by atoms with Gasteiger partial charge in [-0.15, -0.1) is 0 Å². The molecular weight excluding hydrogens is 276 g/mol. The third kappa shape index (κ3) is 3.25. The molecular formula is C14H14N2O5. The van der Waals surface area contributed by atoms with Crippen molar-refractivity contribution < 1.29 is 19.6 Å². The largest absolute Gasteiger partial charge is 0.480 e. The number of carboxylic acids is 1. The molecule has 0 aliphatic carbocycles. The van der Waals surface area contributed by atoms with Crippen LogP contribution in [-0.4, -0.2) is 39.4 Å². The monoisotopic (exact) mass is 290 g/mol. The number of nitrogens with zero attached hydrogens (tertiary/aromatic N) is 2. The first-order chi connectivity index (χ1) is 10.0. The molecule has 1 aromatic rings. The summed E-state index contributed by atoms with van der Waals surface area (Å²) in [6, 6.07) is 5.24. The van der Waals surface area contributed by atoms with Gasteiger partial charge < -0.3 is 10.0 Å². The van der Waals surface area contributed by atoms with Crippen LogP contribution in [0.15, 0.2) is 30.3 Å². The molecule has 1 atom stereocenters. The van der Waals surface area contributed by atoms with Crippen molar-refractivity contribution in [3.8, 4) is 0 Å². The van der Waals surface area contributed by atoms with Gasteiger partial charge in [0, 0.05) is 18.7 Å². The summed E-state index contributed by atoms with van der Waals surface area (Å²) in [5.74, 6) is -1.47. The number of hydrogen-bond acceptors (Lipinski definition) is 4. The lowest BCUT2D eigenvalue weighted by Gasteiger charge is -2.19. The Morgan fingerprint density at radius 1 is 1.38 bits per heavy atom. The minimum Gasteiger partial charge on any atom is -0.480 e. The Bertz CT molecular complexity index is 611. The average molecular weight is 290 g/mol. The highest BCUT2D eigenvalue weighted by Gasteiger charge is 2.32. The van der Waals surface area contributed by atoms with Crippen molar-refractivity contribution in [3.05, 3.63) is 46.0 Å². The number of rotatable bonds is 4. The van der Waals surface area contributed by atoms with Crippen molar-refractivity contribution in [1.82, 2.24) is 4.90 Å². The fourth-order valence-electron chi connectivity index (χ4n) is 2.34. The van der Waals surface area contributed by atoms with E-state index in [-0.39, 0.29) is 5.69 Å². The van der Waals surface area contributed by atoms with Gasteiger partial charge >= 0.3 is 5.97 Å². The summed E-state index contributed by atoms with van der Waals surface area (Å²) in [6.45, 7) is 0.386. The highest BCUT2D eigenvalue weighted by atomic mass is 16.6. The molecule has 110 valence electrons. The van der Waals surface area contributed by atoms with E-state index in [1.54, 1.807) is 6.07 Å². The molecule has 0 radical (unpaired) electrons. The Kier molecular flexibility index (Phi) is 4.32. The number of aliphatic carboxylic acids is 1. The van der Waals surface area contributed by atoms with E-state index in [1.165, 1.54) is 35.3 Å². The molecule has 1 aliphatic heterocycles. The molecule has 7 heteroatoms. The summed E-state index contributed by atoms with van der Waals surface area (Å²) < 4.78 is 0. The predicted molar refractivity (Wildman–Crippen MR) is 74.5 cm³/mol. The van der Waals surface area contributed by atoms with Crippen LogP contribution in [0.5, 0.6) is 0 Å². The van der Waals surface area contributed by atoms with E-state index in [2.05, 4.69) is 0 Å². The zero-order valence-corrected chi connectivity index (χ0v) is 11.1. The first-order valence-corrected chi connectivity index (χ1v) is 6.45.